The van der Waals surface area contributed by atoms with E-state index in [1.165, 1.54) is 16.4 Å². The topological polar surface area (TPSA) is 66.5 Å². The molecule has 128 valence electrons. The van der Waals surface area contributed by atoms with E-state index in [-0.39, 0.29) is 23.3 Å². The van der Waals surface area contributed by atoms with Crippen molar-refractivity contribution < 1.29 is 13.2 Å². The molecule has 0 aromatic heterocycles. The summed E-state index contributed by atoms with van der Waals surface area (Å²) in [5.74, 6) is -0.322. The zero-order valence-corrected chi connectivity index (χ0v) is 14.9. The van der Waals surface area contributed by atoms with Crippen LogP contribution in [0.1, 0.15) is 32.6 Å². The molecular weight excluding hydrogens is 336 g/mol. The largest absolute Gasteiger partial charge is 0.356 e. The number of halogens is 1. The van der Waals surface area contributed by atoms with Crippen LogP contribution < -0.4 is 5.32 Å². The Morgan fingerprint density at radius 3 is 2.70 bits per heavy atom. The highest BCUT2D eigenvalue weighted by Gasteiger charge is 2.33. The zero-order chi connectivity index (χ0) is 16.9. The first-order chi connectivity index (χ1) is 10.9. The van der Waals surface area contributed by atoms with Gasteiger partial charge in [0.25, 0.3) is 0 Å². The van der Waals surface area contributed by atoms with Crippen molar-refractivity contribution >= 4 is 27.5 Å². The number of nitrogens with zero attached hydrogens (tertiary/aromatic N) is 1. The van der Waals surface area contributed by atoms with Crippen LogP contribution in [0.15, 0.2) is 29.2 Å². The summed E-state index contributed by atoms with van der Waals surface area (Å²) in [5, 5.41) is 3.39. The van der Waals surface area contributed by atoms with Gasteiger partial charge in [0, 0.05) is 24.7 Å². The van der Waals surface area contributed by atoms with Crippen molar-refractivity contribution in [3.8, 4) is 0 Å². The van der Waals surface area contributed by atoms with E-state index in [0.29, 0.717) is 24.5 Å². The Bertz CT molecular complexity index is 631. The van der Waals surface area contributed by atoms with Crippen molar-refractivity contribution in [2.45, 2.75) is 37.5 Å². The van der Waals surface area contributed by atoms with E-state index in [0.717, 1.165) is 19.3 Å². The Morgan fingerprint density at radius 2 is 2.04 bits per heavy atom. The number of sulfonamides is 1. The van der Waals surface area contributed by atoms with Crippen molar-refractivity contribution in [3.05, 3.63) is 29.3 Å². The first-order valence-electron chi connectivity index (χ1n) is 7.98. The van der Waals surface area contributed by atoms with Crippen LogP contribution in [0.25, 0.3) is 0 Å². The quantitative estimate of drug-likeness (QED) is 0.795. The second kappa shape index (κ2) is 8.13. The van der Waals surface area contributed by atoms with Gasteiger partial charge in [-0.2, -0.15) is 4.31 Å². The lowest BCUT2D eigenvalue weighted by molar-refractivity contribution is -0.126. The highest BCUT2D eigenvalue weighted by atomic mass is 35.5. The van der Waals surface area contributed by atoms with Crippen molar-refractivity contribution in [3.63, 3.8) is 0 Å². The number of nitrogens with one attached hydrogen (secondary N) is 1. The minimum atomic E-state index is -3.58. The van der Waals surface area contributed by atoms with E-state index in [9.17, 15) is 13.2 Å². The lowest BCUT2D eigenvalue weighted by atomic mass is 9.99. The molecule has 7 heteroatoms. The monoisotopic (exact) mass is 358 g/mol. The first-order valence-corrected chi connectivity index (χ1v) is 9.80. The minimum absolute atomic E-state index is 0.0468. The average Bonchev–Trinajstić information content (AvgIpc) is 2.55. The molecule has 0 saturated carbocycles. The van der Waals surface area contributed by atoms with Crippen LogP contribution in [0.3, 0.4) is 0 Å². The standard InChI is InChI=1S/C16H23ClN2O3S/c1-2-3-10-18-16(20)13-5-4-11-19(12-13)23(21,22)15-8-6-14(17)7-9-15/h6-9,13H,2-5,10-12H2,1H3,(H,18,20)/t13-/m0/s1. The second-order valence-electron chi connectivity index (χ2n) is 5.80. The number of carbonyl (C=O) groups is 1. The number of carbonyl (C=O) groups excluding carboxylic acids is 1. The van der Waals surface area contributed by atoms with Gasteiger partial charge in [0.2, 0.25) is 15.9 Å². The third kappa shape index (κ3) is 4.68. The number of unbranched alkanes of at least 4 members (excludes halogenated alkanes) is 1. The smallest absolute Gasteiger partial charge is 0.243 e. The van der Waals surface area contributed by atoms with E-state index in [2.05, 4.69) is 12.2 Å². The first kappa shape index (κ1) is 18.2. The van der Waals surface area contributed by atoms with Crippen molar-refractivity contribution in [1.82, 2.24) is 9.62 Å². The maximum atomic E-state index is 12.7. The van der Waals surface area contributed by atoms with Gasteiger partial charge in [0.05, 0.1) is 10.8 Å². The zero-order valence-electron chi connectivity index (χ0n) is 13.3. The third-order valence-electron chi connectivity index (χ3n) is 4.04. The maximum absolute atomic E-state index is 12.7. The third-order valence-corrected chi connectivity index (χ3v) is 6.17. The minimum Gasteiger partial charge on any atom is -0.356 e. The van der Waals surface area contributed by atoms with Gasteiger partial charge in [-0.05, 0) is 43.5 Å². The van der Waals surface area contributed by atoms with Gasteiger partial charge >= 0.3 is 0 Å². The average molecular weight is 359 g/mol. The normalized spacial score (nSPS) is 19.5. The number of rotatable bonds is 6. The summed E-state index contributed by atoms with van der Waals surface area (Å²) in [6.07, 6.45) is 3.37. The maximum Gasteiger partial charge on any atom is 0.243 e. The van der Waals surface area contributed by atoms with E-state index in [4.69, 9.17) is 11.6 Å². The Balaban J connectivity index is 2.05. The molecule has 1 amide bonds. The van der Waals surface area contributed by atoms with Crippen LogP contribution in [0.2, 0.25) is 5.02 Å². The number of amides is 1. The van der Waals surface area contributed by atoms with Crippen molar-refractivity contribution in [1.29, 1.82) is 0 Å². The fourth-order valence-electron chi connectivity index (χ4n) is 2.66. The summed E-state index contributed by atoms with van der Waals surface area (Å²) in [6.45, 7) is 3.40. The van der Waals surface area contributed by atoms with Gasteiger partial charge in [-0.25, -0.2) is 8.42 Å². The summed E-state index contributed by atoms with van der Waals surface area (Å²) in [6, 6.07) is 6.13. The Hall–Kier alpha value is -1.11. The molecule has 2 rings (SSSR count). The highest BCUT2D eigenvalue weighted by molar-refractivity contribution is 7.89. The summed E-state index contributed by atoms with van der Waals surface area (Å²) in [7, 11) is -3.58. The van der Waals surface area contributed by atoms with Crippen LogP contribution in [-0.2, 0) is 14.8 Å². The van der Waals surface area contributed by atoms with Crippen molar-refractivity contribution in [2.24, 2.45) is 5.92 Å². The number of hydrogen-bond donors (Lipinski definition) is 1. The second-order valence-corrected chi connectivity index (χ2v) is 8.18. The van der Waals surface area contributed by atoms with Gasteiger partial charge in [-0.1, -0.05) is 24.9 Å². The fourth-order valence-corrected chi connectivity index (χ4v) is 4.31. The molecular formula is C16H23ClN2O3S. The van der Waals surface area contributed by atoms with Gasteiger partial charge in [0.1, 0.15) is 0 Å². The van der Waals surface area contributed by atoms with E-state index in [1.54, 1.807) is 12.1 Å². The summed E-state index contributed by atoms with van der Waals surface area (Å²) in [5.41, 5.74) is 0. The molecule has 0 spiro atoms. The van der Waals surface area contributed by atoms with Crippen molar-refractivity contribution in [2.75, 3.05) is 19.6 Å². The molecule has 1 heterocycles. The van der Waals surface area contributed by atoms with Gasteiger partial charge in [-0.15, -0.1) is 0 Å². The molecule has 0 unspecified atom stereocenters. The van der Waals surface area contributed by atoms with E-state index >= 15 is 0 Å². The van der Waals surface area contributed by atoms with Gasteiger partial charge in [-0.3, -0.25) is 4.79 Å². The molecule has 0 bridgehead atoms. The van der Waals surface area contributed by atoms with E-state index < -0.39 is 10.0 Å². The summed E-state index contributed by atoms with van der Waals surface area (Å²) in [4.78, 5) is 12.4. The Morgan fingerprint density at radius 1 is 1.35 bits per heavy atom. The molecule has 1 saturated heterocycles. The van der Waals surface area contributed by atoms with Crippen LogP contribution in [0, 0.1) is 5.92 Å². The molecule has 23 heavy (non-hydrogen) atoms. The van der Waals surface area contributed by atoms with Crippen LogP contribution in [0.5, 0.6) is 0 Å². The van der Waals surface area contributed by atoms with Crippen LogP contribution in [-0.4, -0.2) is 38.3 Å². The molecule has 5 nitrogen and oxygen atoms in total. The van der Waals surface area contributed by atoms with E-state index in [1.807, 2.05) is 0 Å². The highest BCUT2D eigenvalue weighted by Crippen LogP contribution is 2.24. The molecule has 0 radical (unpaired) electrons. The van der Waals surface area contributed by atoms with Crippen LogP contribution >= 0.6 is 11.6 Å². The Kier molecular flexibility index (Phi) is 6.44. The Labute approximate surface area is 143 Å². The number of benzene rings is 1. The lowest BCUT2D eigenvalue weighted by Crippen LogP contribution is -2.45. The molecule has 1 aliphatic heterocycles. The molecule has 1 atom stereocenters. The number of piperidine rings is 1. The molecule has 1 aromatic rings. The van der Waals surface area contributed by atoms with Crippen LogP contribution in [0.4, 0.5) is 0 Å². The van der Waals surface area contributed by atoms with Gasteiger partial charge in [0.15, 0.2) is 0 Å². The number of hydrogen-bond acceptors (Lipinski definition) is 3. The lowest BCUT2D eigenvalue weighted by Gasteiger charge is -2.31. The fraction of sp³-hybridized carbons (Fsp3) is 0.562. The predicted octanol–water partition coefficient (Wildman–Crippen LogP) is 2.66. The summed E-state index contributed by atoms with van der Waals surface area (Å²) < 4.78 is 26.8. The summed E-state index contributed by atoms with van der Waals surface area (Å²) >= 11 is 5.81. The molecule has 1 N–H and O–H groups in total. The molecule has 1 fully saturated rings. The van der Waals surface area contributed by atoms with Gasteiger partial charge < -0.3 is 5.32 Å². The SMILES string of the molecule is CCCCNC(=O)[C@H]1CCCN(S(=O)(=O)c2ccc(Cl)cc2)C1. The molecule has 1 aromatic carbocycles. The molecule has 1 aliphatic rings. The predicted molar refractivity (Wildman–Crippen MR) is 90.9 cm³/mol. The molecule has 0 aliphatic carbocycles.